The van der Waals surface area contributed by atoms with Gasteiger partial charge in [-0.05, 0) is 24.4 Å². The van der Waals surface area contributed by atoms with Crippen molar-refractivity contribution in [3.63, 3.8) is 0 Å². The monoisotopic (exact) mass is 262 g/mol. The third-order valence-electron chi connectivity index (χ3n) is 2.63. The fourth-order valence-corrected chi connectivity index (χ4v) is 2.50. The van der Waals surface area contributed by atoms with Crippen LogP contribution in [0.3, 0.4) is 0 Å². The van der Waals surface area contributed by atoms with E-state index in [1.165, 1.54) is 11.1 Å². The maximum absolute atomic E-state index is 11.2. The lowest BCUT2D eigenvalue weighted by Crippen LogP contribution is -2.19. The predicted molar refractivity (Wildman–Crippen MR) is 72.4 cm³/mol. The van der Waals surface area contributed by atoms with Gasteiger partial charge in [-0.25, -0.2) is 4.79 Å². The second-order valence-electron chi connectivity index (χ2n) is 4.08. The van der Waals surface area contributed by atoms with Gasteiger partial charge < -0.3 is 10.0 Å². The normalized spacial score (nSPS) is 10.3. The molecule has 0 saturated carbocycles. The van der Waals surface area contributed by atoms with Gasteiger partial charge in [0.15, 0.2) is 0 Å². The number of carbonyl (C=O) groups is 1. The summed E-state index contributed by atoms with van der Waals surface area (Å²) in [6.07, 6.45) is 1.41. The van der Waals surface area contributed by atoms with E-state index < -0.39 is 5.97 Å². The Bertz CT molecular complexity index is 552. The van der Waals surface area contributed by atoms with E-state index in [0.717, 1.165) is 5.69 Å². The summed E-state index contributed by atoms with van der Waals surface area (Å²) in [7, 11) is 1.89. The maximum atomic E-state index is 11.2. The molecule has 0 bridgehead atoms. The molecule has 18 heavy (non-hydrogen) atoms. The summed E-state index contributed by atoms with van der Waals surface area (Å²) < 4.78 is 0. The van der Waals surface area contributed by atoms with Crippen molar-refractivity contribution in [2.75, 3.05) is 11.9 Å². The molecule has 0 fully saturated rings. The molecule has 2 aromatic rings. The topological polar surface area (TPSA) is 53.4 Å². The molecule has 1 N–H and O–H groups in total. The Balaban J connectivity index is 2.31. The van der Waals surface area contributed by atoms with Gasteiger partial charge >= 0.3 is 5.97 Å². The molecule has 0 amide bonds. The SMILES string of the molecule is Cc1cc(N(C)Cc2cccs2)c(C(=O)O)cn1. The Morgan fingerprint density at radius 2 is 2.33 bits per heavy atom. The van der Waals surface area contributed by atoms with Crippen LogP contribution in [-0.4, -0.2) is 23.1 Å². The van der Waals surface area contributed by atoms with Gasteiger partial charge in [-0.3, -0.25) is 4.98 Å². The number of aromatic nitrogens is 1. The van der Waals surface area contributed by atoms with Crippen LogP contribution in [-0.2, 0) is 6.54 Å². The standard InChI is InChI=1S/C13H14N2O2S/c1-9-6-12(11(7-14-9)13(16)17)15(2)8-10-4-3-5-18-10/h3-7H,8H2,1-2H3,(H,16,17). The summed E-state index contributed by atoms with van der Waals surface area (Å²) in [5.74, 6) is -0.949. The lowest BCUT2D eigenvalue weighted by Gasteiger charge is -2.20. The number of hydrogen-bond donors (Lipinski definition) is 1. The number of hydrogen-bond acceptors (Lipinski definition) is 4. The highest BCUT2D eigenvalue weighted by molar-refractivity contribution is 7.09. The highest BCUT2D eigenvalue weighted by Gasteiger charge is 2.14. The van der Waals surface area contributed by atoms with Gasteiger partial charge in [0.2, 0.25) is 0 Å². The van der Waals surface area contributed by atoms with Crippen molar-refractivity contribution in [3.05, 3.63) is 45.9 Å². The van der Waals surface area contributed by atoms with Crippen LogP contribution >= 0.6 is 11.3 Å². The molecular weight excluding hydrogens is 248 g/mol. The molecule has 2 heterocycles. The second kappa shape index (κ2) is 5.18. The van der Waals surface area contributed by atoms with Crippen LogP contribution in [0.5, 0.6) is 0 Å². The lowest BCUT2D eigenvalue weighted by atomic mass is 10.2. The average Bonchev–Trinajstić information content (AvgIpc) is 2.81. The number of pyridine rings is 1. The number of carboxylic acid groups (broad SMARTS) is 1. The number of aryl methyl sites for hydroxylation is 1. The van der Waals surface area contributed by atoms with E-state index in [1.807, 2.05) is 36.4 Å². The van der Waals surface area contributed by atoms with Crippen LogP contribution in [0.25, 0.3) is 0 Å². The average molecular weight is 262 g/mol. The molecule has 0 aliphatic carbocycles. The zero-order chi connectivity index (χ0) is 13.1. The van der Waals surface area contributed by atoms with Gasteiger partial charge in [-0.2, -0.15) is 0 Å². The highest BCUT2D eigenvalue weighted by atomic mass is 32.1. The van der Waals surface area contributed by atoms with Crippen LogP contribution in [0.2, 0.25) is 0 Å². The summed E-state index contributed by atoms with van der Waals surface area (Å²) in [6.45, 7) is 2.55. The molecule has 0 saturated heterocycles. The first kappa shape index (κ1) is 12.6. The molecule has 94 valence electrons. The first-order chi connectivity index (χ1) is 8.58. The Kier molecular flexibility index (Phi) is 3.62. The fraction of sp³-hybridized carbons (Fsp3) is 0.231. The Hall–Kier alpha value is -1.88. The lowest BCUT2D eigenvalue weighted by molar-refractivity contribution is 0.0697. The van der Waals surface area contributed by atoms with E-state index in [9.17, 15) is 4.79 Å². The van der Waals surface area contributed by atoms with E-state index in [2.05, 4.69) is 4.98 Å². The van der Waals surface area contributed by atoms with Crippen LogP contribution in [0.15, 0.2) is 29.8 Å². The molecule has 0 atom stereocenters. The van der Waals surface area contributed by atoms with E-state index >= 15 is 0 Å². The molecule has 0 spiro atoms. The maximum Gasteiger partial charge on any atom is 0.339 e. The molecule has 0 radical (unpaired) electrons. The highest BCUT2D eigenvalue weighted by Crippen LogP contribution is 2.22. The Morgan fingerprint density at radius 1 is 1.56 bits per heavy atom. The van der Waals surface area contributed by atoms with Gasteiger partial charge in [0.05, 0.1) is 12.2 Å². The molecular formula is C13H14N2O2S. The van der Waals surface area contributed by atoms with Crippen molar-refractivity contribution < 1.29 is 9.90 Å². The third-order valence-corrected chi connectivity index (χ3v) is 3.49. The zero-order valence-electron chi connectivity index (χ0n) is 10.3. The molecule has 0 unspecified atom stereocenters. The van der Waals surface area contributed by atoms with Gasteiger partial charge in [-0.1, -0.05) is 6.07 Å². The molecule has 2 rings (SSSR count). The predicted octanol–water partition coefficient (Wildman–Crippen LogP) is 2.79. The van der Waals surface area contributed by atoms with Crippen molar-refractivity contribution in [1.29, 1.82) is 0 Å². The zero-order valence-corrected chi connectivity index (χ0v) is 11.1. The number of aromatic carboxylic acids is 1. The van der Waals surface area contributed by atoms with E-state index in [4.69, 9.17) is 5.11 Å². The van der Waals surface area contributed by atoms with Gasteiger partial charge in [0, 0.05) is 23.8 Å². The van der Waals surface area contributed by atoms with Crippen molar-refractivity contribution in [3.8, 4) is 0 Å². The summed E-state index contributed by atoms with van der Waals surface area (Å²) in [5.41, 5.74) is 1.75. The van der Waals surface area contributed by atoms with Crippen LogP contribution < -0.4 is 4.90 Å². The molecule has 0 aliphatic rings. The molecule has 4 nitrogen and oxygen atoms in total. The quantitative estimate of drug-likeness (QED) is 0.920. The van der Waals surface area contributed by atoms with Crippen molar-refractivity contribution in [2.45, 2.75) is 13.5 Å². The van der Waals surface area contributed by atoms with E-state index in [1.54, 1.807) is 17.4 Å². The fourth-order valence-electron chi connectivity index (χ4n) is 1.75. The smallest absolute Gasteiger partial charge is 0.339 e. The third kappa shape index (κ3) is 2.68. The minimum atomic E-state index is -0.949. The van der Waals surface area contributed by atoms with Crippen LogP contribution in [0.4, 0.5) is 5.69 Å². The van der Waals surface area contributed by atoms with Gasteiger partial charge in [0.1, 0.15) is 5.56 Å². The van der Waals surface area contributed by atoms with Crippen molar-refractivity contribution in [2.24, 2.45) is 0 Å². The van der Waals surface area contributed by atoms with Crippen LogP contribution in [0.1, 0.15) is 20.9 Å². The number of anilines is 1. The number of carboxylic acids is 1. The summed E-state index contributed by atoms with van der Waals surface area (Å²) >= 11 is 1.66. The first-order valence-electron chi connectivity index (χ1n) is 5.51. The Morgan fingerprint density at radius 3 is 2.94 bits per heavy atom. The minimum Gasteiger partial charge on any atom is -0.478 e. The summed E-state index contributed by atoms with van der Waals surface area (Å²) in [6, 6.07) is 5.83. The first-order valence-corrected chi connectivity index (χ1v) is 6.39. The largest absolute Gasteiger partial charge is 0.478 e. The summed E-state index contributed by atoms with van der Waals surface area (Å²) in [5, 5.41) is 11.2. The number of nitrogens with zero attached hydrogens (tertiary/aromatic N) is 2. The van der Waals surface area contributed by atoms with Gasteiger partial charge in [0.25, 0.3) is 0 Å². The molecule has 2 aromatic heterocycles. The van der Waals surface area contributed by atoms with Gasteiger partial charge in [-0.15, -0.1) is 11.3 Å². The van der Waals surface area contributed by atoms with Crippen molar-refractivity contribution >= 4 is 23.0 Å². The second-order valence-corrected chi connectivity index (χ2v) is 5.12. The molecule has 5 heteroatoms. The number of thiophene rings is 1. The van der Waals surface area contributed by atoms with E-state index in [0.29, 0.717) is 12.2 Å². The molecule has 0 aromatic carbocycles. The molecule has 0 aliphatic heterocycles. The Labute approximate surface area is 110 Å². The van der Waals surface area contributed by atoms with E-state index in [-0.39, 0.29) is 5.56 Å². The van der Waals surface area contributed by atoms with Crippen LogP contribution in [0, 0.1) is 6.92 Å². The number of rotatable bonds is 4. The summed E-state index contributed by atoms with van der Waals surface area (Å²) in [4.78, 5) is 18.3. The van der Waals surface area contributed by atoms with Crippen molar-refractivity contribution in [1.82, 2.24) is 4.98 Å². The minimum absolute atomic E-state index is 0.236.